The molecule has 1 aliphatic heterocycles. The average Bonchev–Trinajstić information content (AvgIpc) is 3.30. The Morgan fingerprint density at radius 3 is 2.21 bits per heavy atom. The van der Waals surface area contributed by atoms with Gasteiger partial charge in [-0.3, -0.25) is 9.59 Å². The summed E-state index contributed by atoms with van der Waals surface area (Å²) in [5.74, 6) is -1.14. The maximum atomic E-state index is 14.0. The third kappa shape index (κ3) is 3.97. The second kappa shape index (κ2) is 8.00. The second-order valence-corrected chi connectivity index (χ2v) is 7.03. The summed E-state index contributed by atoms with van der Waals surface area (Å²) < 4.78 is 15.6. The highest BCUT2D eigenvalue weighted by atomic mass is 35.5. The van der Waals surface area contributed by atoms with Crippen LogP contribution in [0.15, 0.2) is 55.1 Å². The van der Waals surface area contributed by atoms with Crippen LogP contribution in [0.2, 0.25) is 5.02 Å². The molecule has 0 aliphatic carbocycles. The van der Waals surface area contributed by atoms with E-state index in [1.54, 1.807) is 40.2 Å². The maximum Gasteiger partial charge on any atom is 0.257 e. The van der Waals surface area contributed by atoms with Crippen LogP contribution < -0.4 is 0 Å². The summed E-state index contributed by atoms with van der Waals surface area (Å²) in [7, 11) is 0. The van der Waals surface area contributed by atoms with Gasteiger partial charge in [-0.15, -0.1) is 0 Å². The summed E-state index contributed by atoms with van der Waals surface area (Å²) >= 11 is 5.88. The minimum Gasteiger partial charge on any atom is -0.335 e. The van der Waals surface area contributed by atoms with Crippen molar-refractivity contribution in [2.45, 2.75) is 0 Å². The first-order valence-electron chi connectivity index (χ1n) is 9.01. The van der Waals surface area contributed by atoms with Gasteiger partial charge in [0.15, 0.2) is 0 Å². The van der Waals surface area contributed by atoms with Gasteiger partial charge in [-0.25, -0.2) is 14.1 Å². The molecule has 2 amide bonds. The number of benzene rings is 2. The number of amides is 2. The van der Waals surface area contributed by atoms with Crippen molar-refractivity contribution in [3.8, 4) is 5.69 Å². The van der Waals surface area contributed by atoms with Crippen molar-refractivity contribution < 1.29 is 14.0 Å². The van der Waals surface area contributed by atoms with E-state index in [1.807, 2.05) is 0 Å². The first kappa shape index (κ1) is 19.1. The van der Waals surface area contributed by atoms with E-state index in [0.717, 1.165) is 5.69 Å². The van der Waals surface area contributed by atoms with E-state index >= 15 is 0 Å². The van der Waals surface area contributed by atoms with E-state index in [-0.39, 0.29) is 11.5 Å². The van der Waals surface area contributed by atoms with Crippen LogP contribution in [0.1, 0.15) is 20.7 Å². The number of nitrogens with zero attached hydrogens (tertiary/aromatic N) is 5. The molecule has 0 spiro atoms. The van der Waals surface area contributed by atoms with Gasteiger partial charge >= 0.3 is 0 Å². The smallest absolute Gasteiger partial charge is 0.257 e. The van der Waals surface area contributed by atoms with Gasteiger partial charge in [0, 0.05) is 36.8 Å². The van der Waals surface area contributed by atoms with Crippen molar-refractivity contribution in [1.82, 2.24) is 24.6 Å². The molecule has 0 unspecified atom stereocenters. The zero-order valence-electron chi connectivity index (χ0n) is 15.3. The van der Waals surface area contributed by atoms with Crippen LogP contribution in [-0.2, 0) is 0 Å². The molecule has 0 atom stereocenters. The summed E-state index contributed by atoms with van der Waals surface area (Å²) in [6.45, 7) is 1.40. The van der Waals surface area contributed by atoms with Gasteiger partial charge in [0.05, 0.1) is 11.3 Å². The van der Waals surface area contributed by atoms with Crippen molar-refractivity contribution in [2.75, 3.05) is 26.2 Å². The first-order chi connectivity index (χ1) is 14.0. The van der Waals surface area contributed by atoms with Gasteiger partial charge in [-0.2, -0.15) is 5.10 Å². The van der Waals surface area contributed by atoms with Gasteiger partial charge in [0.25, 0.3) is 11.8 Å². The minimum absolute atomic E-state index is 0.0547. The SMILES string of the molecule is O=C(c1ccc(-n2cncn2)cc1)N1CCN(C(=O)c2cc(Cl)ccc2F)CC1. The summed E-state index contributed by atoms with van der Waals surface area (Å²) in [4.78, 5) is 32.4. The third-order valence-corrected chi connectivity index (χ3v) is 5.05. The van der Waals surface area contributed by atoms with Crippen LogP contribution >= 0.6 is 11.6 Å². The maximum absolute atomic E-state index is 14.0. The fourth-order valence-electron chi connectivity index (χ4n) is 3.23. The van der Waals surface area contributed by atoms with E-state index < -0.39 is 11.7 Å². The predicted molar refractivity (Wildman–Crippen MR) is 105 cm³/mol. The third-order valence-electron chi connectivity index (χ3n) is 4.81. The Labute approximate surface area is 171 Å². The van der Waals surface area contributed by atoms with Crippen molar-refractivity contribution in [3.63, 3.8) is 0 Å². The number of carbonyl (C=O) groups excluding carboxylic acids is 2. The highest BCUT2D eigenvalue weighted by Gasteiger charge is 2.27. The number of hydrogen-bond acceptors (Lipinski definition) is 4. The number of piperazine rings is 1. The molecule has 4 rings (SSSR count). The number of carbonyl (C=O) groups is 2. The lowest BCUT2D eigenvalue weighted by molar-refractivity contribution is 0.0533. The molecule has 2 heterocycles. The van der Waals surface area contributed by atoms with E-state index in [0.29, 0.717) is 36.8 Å². The molecule has 0 saturated carbocycles. The lowest BCUT2D eigenvalue weighted by Gasteiger charge is -2.35. The largest absolute Gasteiger partial charge is 0.335 e. The molecular formula is C20H17ClFN5O2. The van der Waals surface area contributed by atoms with E-state index in [9.17, 15) is 14.0 Å². The molecule has 1 aromatic heterocycles. The molecule has 0 radical (unpaired) electrons. The molecule has 2 aromatic carbocycles. The summed E-state index contributed by atoms with van der Waals surface area (Å²) in [5.41, 5.74) is 1.30. The van der Waals surface area contributed by atoms with Crippen molar-refractivity contribution in [2.24, 2.45) is 0 Å². The highest BCUT2D eigenvalue weighted by molar-refractivity contribution is 6.31. The molecule has 0 N–H and O–H groups in total. The fraction of sp³-hybridized carbons (Fsp3) is 0.200. The molecule has 1 saturated heterocycles. The van der Waals surface area contributed by atoms with Crippen LogP contribution in [0.3, 0.4) is 0 Å². The molecule has 29 heavy (non-hydrogen) atoms. The molecule has 7 nitrogen and oxygen atoms in total. The van der Waals surface area contributed by atoms with Gasteiger partial charge in [0.1, 0.15) is 18.5 Å². The van der Waals surface area contributed by atoms with Crippen molar-refractivity contribution in [1.29, 1.82) is 0 Å². The normalized spacial score (nSPS) is 14.1. The number of aromatic nitrogens is 3. The highest BCUT2D eigenvalue weighted by Crippen LogP contribution is 2.18. The lowest BCUT2D eigenvalue weighted by Crippen LogP contribution is -2.50. The summed E-state index contributed by atoms with van der Waals surface area (Å²) in [6, 6.07) is 11.0. The van der Waals surface area contributed by atoms with Crippen LogP contribution in [0.5, 0.6) is 0 Å². The summed E-state index contributed by atoms with van der Waals surface area (Å²) in [5, 5.41) is 4.35. The Bertz CT molecular complexity index is 1030. The molecule has 0 bridgehead atoms. The van der Waals surface area contributed by atoms with Crippen LogP contribution in [-0.4, -0.2) is 62.6 Å². The molecule has 9 heteroatoms. The first-order valence-corrected chi connectivity index (χ1v) is 9.39. The van der Waals surface area contributed by atoms with Gasteiger partial charge in [0.2, 0.25) is 0 Å². The quantitative estimate of drug-likeness (QED) is 0.661. The molecule has 1 fully saturated rings. The van der Waals surface area contributed by atoms with E-state index in [1.165, 1.54) is 29.4 Å². The van der Waals surface area contributed by atoms with Gasteiger partial charge < -0.3 is 9.80 Å². The zero-order valence-corrected chi connectivity index (χ0v) is 16.1. The van der Waals surface area contributed by atoms with Crippen LogP contribution in [0, 0.1) is 5.82 Å². The molecule has 1 aliphatic rings. The van der Waals surface area contributed by atoms with Crippen molar-refractivity contribution in [3.05, 3.63) is 77.1 Å². The average molecular weight is 414 g/mol. The van der Waals surface area contributed by atoms with Crippen LogP contribution in [0.25, 0.3) is 5.69 Å². The van der Waals surface area contributed by atoms with Gasteiger partial charge in [-0.1, -0.05) is 11.6 Å². The topological polar surface area (TPSA) is 71.3 Å². The van der Waals surface area contributed by atoms with E-state index in [2.05, 4.69) is 10.1 Å². The Morgan fingerprint density at radius 1 is 0.931 bits per heavy atom. The predicted octanol–water partition coefficient (Wildman–Crippen LogP) is 2.66. The minimum atomic E-state index is -0.606. The number of halogens is 2. The number of hydrogen-bond donors (Lipinski definition) is 0. The van der Waals surface area contributed by atoms with Gasteiger partial charge in [-0.05, 0) is 42.5 Å². The Hall–Kier alpha value is -3.26. The summed E-state index contributed by atoms with van der Waals surface area (Å²) in [6.07, 6.45) is 3.02. The Morgan fingerprint density at radius 2 is 1.59 bits per heavy atom. The molecule has 3 aromatic rings. The zero-order chi connectivity index (χ0) is 20.4. The van der Waals surface area contributed by atoms with Crippen molar-refractivity contribution >= 4 is 23.4 Å². The Kier molecular flexibility index (Phi) is 5.26. The number of rotatable bonds is 3. The van der Waals surface area contributed by atoms with Crippen LogP contribution in [0.4, 0.5) is 4.39 Å². The molecular weight excluding hydrogens is 397 g/mol. The molecule has 148 valence electrons. The second-order valence-electron chi connectivity index (χ2n) is 6.60. The Balaban J connectivity index is 1.39. The standard InChI is InChI=1S/C20H17ClFN5O2/c21-15-3-6-18(22)17(11-15)20(29)26-9-7-25(8-10-26)19(28)14-1-4-16(5-2-14)27-13-23-12-24-27/h1-6,11-13H,7-10H2. The van der Waals surface area contributed by atoms with E-state index in [4.69, 9.17) is 11.6 Å². The lowest BCUT2D eigenvalue weighted by atomic mass is 10.1. The monoisotopic (exact) mass is 413 g/mol. The fourth-order valence-corrected chi connectivity index (χ4v) is 3.40.